The van der Waals surface area contributed by atoms with Gasteiger partial charge >= 0.3 is 29.0 Å². The predicted octanol–water partition coefficient (Wildman–Crippen LogP) is -8.53. The number of hydrogen-bond acceptors (Lipinski definition) is 16. The molecule has 17 nitrogen and oxygen atoms in total. The van der Waals surface area contributed by atoms with E-state index in [1.165, 1.54) is 0 Å². The number of nitrogens with zero attached hydrogens (tertiary/aromatic N) is 4. The predicted molar refractivity (Wildman–Crippen MR) is 117 cm³/mol. The van der Waals surface area contributed by atoms with Crippen molar-refractivity contribution in [3.63, 3.8) is 0 Å². The number of carbonyl (C=O) groups is 2. The fraction of sp³-hybridized carbons (Fsp3) is 0.455. The van der Waals surface area contributed by atoms with Crippen molar-refractivity contribution < 1.29 is 99.4 Å². The standard InChI is InChI=1S/C22H30N4O4.2ClHO4.Mn.H2O/c1-3-29-21(27)17-25(15-19-9-5-7-11-23-19)13-14-26(18-22(28)30-4-2)16-20-10-6-8-12-24-20;2*2-1(3,4)5;;/h5-12H,3-4,13-18H2,1-2H3;2*(H,2,3,4,5);;1H2/q;;;+2;/p-1. The van der Waals surface area contributed by atoms with E-state index < -0.39 is 20.5 Å². The zero-order valence-electron chi connectivity index (χ0n) is 22.7. The van der Waals surface area contributed by atoms with Crippen molar-refractivity contribution in [3.05, 3.63) is 60.2 Å². The molecular formula is C22H33Cl2MnN4O13+. The van der Waals surface area contributed by atoms with Gasteiger partial charge in [-0.05, 0) is 38.1 Å². The maximum atomic E-state index is 12.1. The van der Waals surface area contributed by atoms with Crippen LogP contribution in [0.1, 0.15) is 25.2 Å². The summed E-state index contributed by atoms with van der Waals surface area (Å²) in [5.74, 6) is -0.565. The summed E-state index contributed by atoms with van der Waals surface area (Å²) in [5.41, 5.74) is 1.73. The van der Waals surface area contributed by atoms with Gasteiger partial charge < -0.3 is 14.9 Å². The average Bonchev–Trinajstić information content (AvgIpc) is 2.82. The second-order valence-corrected chi connectivity index (χ2v) is 8.94. The van der Waals surface area contributed by atoms with Crippen LogP contribution in [0.15, 0.2) is 48.8 Å². The van der Waals surface area contributed by atoms with Crippen LogP contribution in [0.2, 0.25) is 0 Å². The van der Waals surface area contributed by atoms with E-state index in [1.807, 2.05) is 46.2 Å². The Hall–Kier alpha value is -2.10. The summed E-state index contributed by atoms with van der Waals surface area (Å²) in [6.07, 6.45) is 3.46. The summed E-state index contributed by atoms with van der Waals surface area (Å²) in [6, 6.07) is 11.4. The molecule has 0 spiro atoms. The first-order chi connectivity index (χ1) is 18.6. The van der Waals surface area contributed by atoms with Crippen LogP contribution in [0.5, 0.6) is 0 Å². The first kappa shape index (κ1) is 44.3. The first-order valence-electron chi connectivity index (χ1n) is 11.4. The molecule has 0 aliphatic heterocycles. The van der Waals surface area contributed by atoms with Crippen LogP contribution in [0, 0.1) is 20.5 Å². The fourth-order valence-electron chi connectivity index (χ4n) is 2.93. The van der Waals surface area contributed by atoms with Gasteiger partial charge in [-0.2, -0.15) is 0 Å². The molecule has 0 bridgehead atoms. The van der Waals surface area contributed by atoms with Gasteiger partial charge in [-0.15, -0.1) is 20.5 Å². The minimum atomic E-state index is -4.94. The number of carbonyl (C=O) groups excluding carboxylic acids is 2. The zero-order valence-corrected chi connectivity index (χ0v) is 25.4. The van der Waals surface area contributed by atoms with E-state index in [0.717, 1.165) is 11.4 Å². The molecular weight excluding hydrogens is 654 g/mol. The summed E-state index contributed by atoms with van der Waals surface area (Å²) in [4.78, 5) is 36.8. The fourth-order valence-corrected chi connectivity index (χ4v) is 2.93. The molecule has 42 heavy (non-hydrogen) atoms. The number of esters is 2. The number of hydrogen-bond donors (Lipinski definition) is 0. The van der Waals surface area contributed by atoms with Crippen LogP contribution in [0.3, 0.4) is 0 Å². The summed E-state index contributed by atoms with van der Waals surface area (Å²) >= 11 is 0. The molecule has 0 aliphatic carbocycles. The molecule has 2 aromatic rings. The van der Waals surface area contributed by atoms with Crippen LogP contribution in [0.4, 0.5) is 0 Å². The molecule has 1 radical (unpaired) electrons. The molecule has 239 valence electrons. The zero-order chi connectivity index (χ0) is 30.6. The number of pyridine rings is 2. The molecule has 0 atom stereocenters. The van der Waals surface area contributed by atoms with Gasteiger partial charge in [-0.25, -0.2) is 37.3 Å². The van der Waals surface area contributed by atoms with Gasteiger partial charge in [-0.1, -0.05) is 12.1 Å². The molecule has 20 heteroatoms. The smallest absolute Gasteiger partial charge is 0.465 e. The Morgan fingerprint density at radius 2 is 1.00 bits per heavy atom. The SMILES string of the molecule is CCOC(=O)CN(CCN(CC(=O)OCC)Cc1ccccn1)Cc1ccccn1.[Mn+2].[O-][Cl+3]([O-])([O-])[O-].[O-][Cl+3]([O-])([O-])[O-].[OH3+]. The molecule has 0 fully saturated rings. The molecule has 0 aromatic carbocycles. The van der Waals surface area contributed by atoms with Crippen LogP contribution in [0.25, 0.3) is 0 Å². The molecule has 0 unspecified atom stereocenters. The van der Waals surface area contributed by atoms with E-state index in [9.17, 15) is 9.59 Å². The Balaban J connectivity index is -0.00000109. The van der Waals surface area contributed by atoms with E-state index >= 15 is 0 Å². The molecule has 2 heterocycles. The number of halogens is 2. The van der Waals surface area contributed by atoms with Gasteiger partial charge in [0.15, 0.2) is 0 Å². The molecule has 0 saturated heterocycles. The van der Waals surface area contributed by atoms with Crippen molar-refractivity contribution >= 4 is 11.9 Å². The first-order valence-corrected chi connectivity index (χ1v) is 13.9. The van der Waals surface area contributed by atoms with Gasteiger partial charge in [0.1, 0.15) is 0 Å². The van der Waals surface area contributed by atoms with Crippen LogP contribution < -0.4 is 37.3 Å². The summed E-state index contributed by atoms with van der Waals surface area (Å²) < 4.78 is 78.2. The van der Waals surface area contributed by atoms with Gasteiger partial charge in [0, 0.05) is 38.6 Å². The number of aromatic nitrogens is 2. The quantitative estimate of drug-likeness (QED) is 0.107. The maximum Gasteiger partial charge on any atom is 2.00 e. The van der Waals surface area contributed by atoms with Crippen molar-refractivity contribution in [3.8, 4) is 0 Å². The Bertz CT molecular complexity index is 869. The second-order valence-electron chi connectivity index (χ2n) is 7.43. The third-order valence-electron chi connectivity index (χ3n) is 4.27. The molecule has 0 aliphatic rings. The minimum Gasteiger partial charge on any atom is -0.465 e. The van der Waals surface area contributed by atoms with Gasteiger partial charge in [0.25, 0.3) is 0 Å². The molecule has 2 aromatic heterocycles. The molecule has 2 rings (SSSR count). The van der Waals surface area contributed by atoms with Crippen molar-refractivity contribution in [1.82, 2.24) is 19.8 Å². The topological polar surface area (TPSA) is 302 Å². The second kappa shape index (κ2) is 24.4. The Kier molecular flexibility index (Phi) is 25.7. The summed E-state index contributed by atoms with van der Waals surface area (Å²) in [7, 11) is -9.89. The monoisotopic (exact) mass is 686 g/mol. The molecule has 0 amide bonds. The van der Waals surface area contributed by atoms with E-state index in [0.29, 0.717) is 39.4 Å². The molecule has 3 N–H and O–H groups in total. The van der Waals surface area contributed by atoms with Crippen LogP contribution >= 0.6 is 0 Å². The van der Waals surface area contributed by atoms with Gasteiger partial charge in [0.05, 0.1) is 37.7 Å². The average molecular weight is 687 g/mol. The van der Waals surface area contributed by atoms with E-state index in [2.05, 4.69) is 9.97 Å². The maximum absolute atomic E-state index is 12.1. The number of ether oxygens (including phenoxy) is 2. The normalized spacial score (nSPS) is 10.7. The van der Waals surface area contributed by atoms with Crippen molar-refractivity contribution in [2.24, 2.45) is 0 Å². The van der Waals surface area contributed by atoms with Crippen molar-refractivity contribution in [2.45, 2.75) is 26.9 Å². The summed E-state index contributed by atoms with van der Waals surface area (Å²) in [6.45, 7) is 6.69. The van der Waals surface area contributed by atoms with Gasteiger partial charge in [-0.3, -0.25) is 29.4 Å². The van der Waals surface area contributed by atoms with Crippen LogP contribution in [-0.2, 0) is 54.7 Å². The minimum absolute atomic E-state index is 0. The molecule has 0 saturated carbocycles. The largest absolute Gasteiger partial charge is 2.00 e. The van der Waals surface area contributed by atoms with E-state index in [-0.39, 0.29) is 47.6 Å². The number of rotatable bonds is 13. The van der Waals surface area contributed by atoms with Crippen molar-refractivity contribution in [1.29, 1.82) is 0 Å². The van der Waals surface area contributed by atoms with E-state index in [1.54, 1.807) is 26.2 Å². The van der Waals surface area contributed by atoms with Gasteiger partial charge in [0.2, 0.25) is 0 Å². The van der Waals surface area contributed by atoms with E-state index in [4.69, 9.17) is 46.7 Å². The Labute approximate surface area is 257 Å². The third kappa shape index (κ3) is 30.8. The Morgan fingerprint density at radius 1 is 0.690 bits per heavy atom. The summed E-state index contributed by atoms with van der Waals surface area (Å²) in [5, 5.41) is 0. The third-order valence-corrected chi connectivity index (χ3v) is 4.27. The Morgan fingerprint density at radius 3 is 1.24 bits per heavy atom. The van der Waals surface area contributed by atoms with Crippen LogP contribution in [-0.4, -0.2) is 71.1 Å². The van der Waals surface area contributed by atoms with Crippen molar-refractivity contribution in [2.75, 3.05) is 39.4 Å².